The standard InChI is InChI=1S/C18H9BrN2O5/c19-13-9-8-12-16-10(13)4-3-5-11(16)17(22)20(18(12)23)26-15-7-2-1-6-14(15)21(24)25/h1-9H. The topological polar surface area (TPSA) is 89.8 Å². The average Bonchev–Trinajstić information content (AvgIpc) is 2.64. The number of benzene rings is 3. The second-order valence-electron chi connectivity index (χ2n) is 5.54. The number of nitro groups is 1. The second-order valence-corrected chi connectivity index (χ2v) is 6.40. The largest absolute Gasteiger partial charge is 0.361 e. The van der Waals surface area contributed by atoms with E-state index >= 15 is 0 Å². The van der Waals surface area contributed by atoms with Gasteiger partial charge in [0, 0.05) is 15.9 Å². The molecule has 0 spiro atoms. The third-order valence-corrected chi connectivity index (χ3v) is 4.76. The molecule has 8 heteroatoms. The molecule has 0 aromatic heterocycles. The van der Waals surface area contributed by atoms with E-state index in [1.54, 1.807) is 30.3 Å². The van der Waals surface area contributed by atoms with Gasteiger partial charge in [-0.1, -0.05) is 45.3 Å². The fourth-order valence-corrected chi connectivity index (χ4v) is 3.37. The van der Waals surface area contributed by atoms with Crippen molar-refractivity contribution in [3.8, 4) is 5.75 Å². The molecule has 3 aromatic rings. The van der Waals surface area contributed by atoms with Crippen molar-refractivity contribution < 1.29 is 19.3 Å². The fourth-order valence-electron chi connectivity index (χ4n) is 2.91. The van der Waals surface area contributed by atoms with Gasteiger partial charge in [0.1, 0.15) is 0 Å². The third kappa shape index (κ3) is 2.34. The Morgan fingerprint density at radius 3 is 2.35 bits per heavy atom. The number of hydrogen-bond donors (Lipinski definition) is 0. The van der Waals surface area contributed by atoms with Crippen LogP contribution in [0.25, 0.3) is 10.8 Å². The maximum atomic E-state index is 12.8. The van der Waals surface area contributed by atoms with Crippen molar-refractivity contribution in [2.24, 2.45) is 0 Å². The molecule has 128 valence electrons. The van der Waals surface area contributed by atoms with E-state index in [0.29, 0.717) is 10.4 Å². The molecular weight excluding hydrogens is 404 g/mol. The minimum absolute atomic E-state index is 0.188. The molecule has 2 amide bonds. The number of imide groups is 1. The monoisotopic (exact) mass is 412 g/mol. The number of para-hydroxylation sites is 2. The van der Waals surface area contributed by atoms with Crippen molar-refractivity contribution in [2.75, 3.05) is 0 Å². The van der Waals surface area contributed by atoms with E-state index in [-0.39, 0.29) is 22.6 Å². The number of halogens is 1. The molecular formula is C18H9BrN2O5. The Hall–Kier alpha value is -3.26. The number of amides is 2. The molecule has 3 aromatic carbocycles. The minimum atomic E-state index is -0.677. The van der Waals surface area contributed by atoms with Crippen LogP contribution in [0.15, 0.2) is 59.1 Å². The van der Waals surface area contributed by atoms with Crippen LogP contribution >= 0.6 is 15.9 Å². The summed E-state index contributed by atoms with van der Waals surface area (Å²) in [5, 5.41) is 13.0. The zero-order valence-electron chi connectivity index (χ0n) is 13.0. The Morgan fingerprint density at radius 2 is 1.62 bits per heavy atom. The Balaban J connectivity index is 1.84. The molecule has 0 bridgehead atoms. The fraction of sp³-hybridized carbons (Fsp3) is 0. The van der Waals surface area contributed by atoms with E-state index in [4.69, 9.17) is 4.84 Å². The van der Waals surface area contributed by atoms with Gasteiger partial charge in [-0.15, -0.1) is 0 Å². The molecule has 0 aliphatic carbocycles. The molecule has 26 heavy (non-hydrogen) atoms. The zero-order valence-corrected chi connectivity index (χ0v) is 14.6. The number of carbonyl (C=O) groups is 2. The van der Waals surface area contributed by atoms with Crippen molar-refractivity contribution in [3.05, 3.63) is 80.3 Å². The van der Waals surface area contributed by atoms with Crippen LogP contribution in [0.1, 0.15) is 20.7 Å². The van der Waals surface area contributed by atoms with Crippen LogP contribution in [0.5, 0.6) is 5.75 Å². The maximum Gasteiger partial charge on any atom is 0.314 e. The highest BCUT2D eigenvalue weighted by Gasteiger charge is 2.36. The summed E-state index contributed by atoms with van der Waals surface area (Å²) in [4.78, 5) is 41.5. The van der Waals surface area contributed by atoms with Gasteiger partial charge in [0.25, 0.3) is 11.8 Å². The van der Waals surface area contributed by atoms with Gasteiger partial charge < -0.3 is 4.84 Å². The van der Waals surface area contributed by atoms with Crippen molar-refractivity contribution in [3.63, 3.8) is 0 Å². The lowest BCUT2D eigenvalue weighted by atomic mass is 9.95. The van der Waals surface area contributed by atoms with Crippen molar-refractivity contribution >= 4 is 44.2 Å². The molecule has 0 atom stereocenters. The van der Waals surface area contributed by atoms with E-state index in [1.165, 1.54) is 24.3 Å². The first-order chi connectivity index (χ1) is 12.5. The molecule has 0 radical (unpaired) electrons. The van der Waals surface area contributed by atoms with Crippen LogP contribution in [0.3, 0.4) is 0 Å². The average molecular weight is 413 g/mol. The molecule has 7 nitrogen and oxygen atoms in total. The van der Waals surface area contributed by atoms with E-state index in [0.717, 1.165) is 9.86 Å². The van der Waals surface area contributed by atoms with Gasteiger partial charge in [0.2, 0.25) is 5.75 Å². The van der Waals surface area contributed by atoms with Gasteiger partial charge in [0.15, 0.2) is 0 Å². The number of rotatable bonds is 3. The van der Waals surface area contributed by atoms with Gasteiger partial charge >= 0.3 is 5.69 Å². The summed E-state index contributed by atoms with van der Waals surface area (Å²) in [5.74, 6) is -1.54. The first-order valence-corrected chi connectivity index (χ1v) is 8.29. The summed E-state index contributed by atoms with van der Waals surface area (Å²) >= 11 is 3.41. The van der Waals surface area contributed by atoms with E-state index in [1.807, 2.05) is 0 Å². The lowest BCUT2D eigenvalue weighted by Crippen LogP contribution is -2.42. The van der Waals surface area contributed by atoms with E-state index < -0.39 is 16.7 Å². The lowest BCUT2D eigenvalue weighted by Gasteiger charge is -2.26. The minimum Gasteiger partial charge on any atom is -0.361 e. The smallest absolute Gasteiger partial charge is 0.314 e. The van der Waals surface area contributed by atoms with Crippen LogP contribution in [0, 0.1) is 10.1 Å². The Labute approximate surface area is 155 Å². The van der Waals surface area contributed by atoms with Gasteiger partial charge in [-0.2, -0.15) is 0 Å². The molecule has 0 N–H and O–H groups in total. The van der Waals surface area contributed by atoms with Crippen LogP contribution in [-0.4, -0.2) is 21.8 Å². The predicted octanol–water partition coefficient (Wildman–Crippen LogP) is 4.10. The van der Waals surface area contributed by atoms with Crippen LogP contribution < -0.4 is 4.84 Å². The molecule has 4 rings (SSSR count). The number of nitrogens with zero attached hydrogens (tertiary/aromatic N) is 2. The van der Waals surface area contributed by atoms with Gasteiger partial charge in [0.05, 0.1) is 16.1 Å². The summed E-state index contributed by atoms with van der Waals surface area (Å²) in [5.41, 5.74) is 0.238. The molecule has 0 saturated carbocycles. The summed E-state index contributed by atoms with van der Waals surface area (Å²) in [6, 6.07) is 13.9. The van der Waals surface area contributed by atoms with Crippen LogP contribution in [-0.2, 0) is 0 Å². The molecule has 1 aliphatic rings. The highest BCUT2D eigenvalue weighted by atomic mass is 79.9. The molecule has 1 heterocycles. The molecule has 1 aliphatic heterocycles. The van der Waals surface area contributed by atoms with E-state index in [2.05, 4.69) is 15.9 Å². The predicted molar refractivity (Wildman–Crippen MR) is 95.9 cm³/mol. The van der Waals surface area contributed by atoms with Gasteiger partial charge in [-0.25, -0.2) is 0 Å². The Morgan fingerprint density at radius 1 is 0.923 bits per heavy atom. The molecule has 0 fully saturated rings. The van der Waals surface area contributed by atoms with Crippen molar-refractivity contribution in [1.29, 1.82) is 0 Å². The summed E-state index contributed by atoms with van der Waals surface area (Å²) < 4.78 is 0.756. The molecule has 0 unspecified atom stereocenters. The SMILES string of the molecule is O=C1c2cccc3c(Br)ccc(c23)C(=O)N1Oc1ccccc1[N+](=O)[O-]. The summed E-state index contributed by atoms with van der Waals surface area (Å²) in [7, 11) is 0. The van der Waals surface area contributed by atoms with Crippen LogP contribution in [0.2, 0.25) is 0 Å². The quantitative estimate of drug-likeness (QED) is 0.367. The van der Waals surface area contributed by atoms with Gasteiger partial charge in [-0.3, -0.25) is 19.7 Å². The number of nitro benzene ring substituents is 1. The second kappa shape index (κ2) is 5.92. The maximum absolute atomic E-state index is 12.8. The van der Waals surface area contributed by atoms with Gasteiger partial charge in [-0.05, 0) is 29.7 Å². The highest BCUT2D eigenvalue weighted by Crippen LogP contribution is 2.35. The lowest BCUT2D eigenvalue weighted by molar-refractivity contribution is -0.386. The van der Waals surface area contributed by atoms with E-state index in [9.17, 15) is 19.7 Å². The summed E-state index contributed by atoms with van der Waals surface area (Å²) in [6.07, 6.45) is 0. The highest BCUT2D eigenvalue weighted by molar-refractivity contribution is 9.10. The zero-order chi connectivity index (χ0) is 18.4. The summed E-state index contributed by atoms with van der Waals surface area (Å²) in [6.45, 7) is 0. The number of hydroxylamine groups is 2. The first kappa shape index (κ1) is 16.2. The molecule has 0 saturated heterocycles. The number of carbonyl (C=O) groups excluding carboxylic acids is 2. The van der Waals surface area contributed by atoms with Crippen molar-refractivity contribution in [2.45, 2.75) is 0 Å². The van der Waals surface area contributed by atoms with Crippen LogP contribution in [0.4, 0.5) is 5.69 Å². The Bertz CT molecular complexity index is 1090. The Kier molecular flexibility index (Phi) is 3.69. The first-order valence-electron chi connectivity index (χ1n) is 7.50. The van der Waals surface area contributed by atoms with Crippen molar-refractivity contribution in [1.82, 2.24) is 5.06 Å². The number of hydrogen-bond acceptors (Lipinski definition) is 5. The normalized spacial score (nSPS) is 13.2. The third-order valence-electron chi connectivity index (χ3n) is 4.07.